The Morgan fingerprint density at radius 3 is 1.70 bits per heavy atom. The lowest BCUT2D eigenvalue weighted by Crippen LogP contribution is -2.30. The van der Waals surface area contributed by atoms with Gasteiger partial charge in [-0.3, -0.25) is 0 Å². The Kier molecular flexibility index (Phi) is 2.85. The molecule has 0 aliphatic rings. The second-order valence-electron chi connectivity index (χ2n) is 2.90. The van der Waals surface area contributed by atoms with Crippen molar-refractivity contribution in [1.82, 2.24) is 0 Å². The molecule has 0 unspecified atom stereocenters. The van der Waals surface area contributed by atoms with Crippen LogP contribution in [0.15, 0.2) is 12.2 Å². The summed E-state index contributed by atoms with van der Waals surface area (Å²) in [4.78, 5) is 0. The highest BCUT2D eigenvalue weighted by Gasteiger charge is 2.44. The second kappa shape index (κ2) is 2.75. The van der Waals surface area contributed by atoms with E-state index in [-0.39, 0.29) is 0 Å². The van der Waals surface area contributed by atoms with Crippen LogP contribution >= 0.6 is 22.6 Å². The van der Waals surface area contributed by atoms with Gasteiger partial charge in [-0.05, 0) is 43.4 Å². The number of allylic oxidation sites excluding steroid dienone is 1. The van der Waals surface area contributed by atoms with E-state index in [0.29, 0.717) is 5.57 Å². The van der Waals surface area contributed by atoms with Gasteiger partial charge in [0.1, 0.15) is 0 Å². The van der Waals surface area contributed by atoms with Crippen molar-refractivity contribution < 1.29 is 8.78 Å². The third kappa shape index (κ3) is 1.90. The van der Waals surface area contributed by atoms with Crippen molar-refractivity contribution in [3.8, 4) is 0 Å². The Labute approximate surface area is 73.8 Å². The number of rotatable bonds is 2. The van der Waals surface area contributed by atoms with Crippen molar-refractivity contribution in [3.05, 3.63) is 12.2 Å². The molecule has 0 N–H and O–H groups in total. The zero-order valence-electron chi connectivity index (χ0n) is 6.34. The minimum absolute atomic E-state index is 0.506. The van der Waals surface area contributed by atoms with Crippen molar-refractivity contribution in [3.63, 3.8) is 0 Å². The van der Waals surface area contributed by atoms with Crippen LogP contribution in [0.25, 0.3) is 0 Å². The van der Waals surface area contributed by atoms with Gasteiger partial charge in [0.05, 0.1) is 5.41 Å². The molecule has 0 rings (SSSR count). The normalized spacial score (nSPS) is 13.4. The molecule has 0 atom stereocenters. The van der Waals surface area contributed by atoms with Gasteiger partial charge in [0, 0.05) is 0 Å². The van der Waals surface area contributed by atoms with Crippen LogP contribution in [0, 0.1) is 5.41 Å². The monoisotopic (exact) mass is 260 g/mol. The summed E-state index contributed by atoms with van der Waals surface area (Å²) in [6.45, 7) is 8.10. The molecule has 0 aromatic heterocycles. The van der Waals surface area contributed by atoms with Gasteiger partial charge in [-0.25, -0.2) is 0 Å². The minimum Gasteiger partial charge on any atom is -0.194 e. The van der Waals surface area contributed by atoms with Gasteiger partial charge >= 0.3 is 3.93 Å². The van der Waals surface area contributed by atoms with Gasteiger partial charge in [-0.2, -0.15) is 8.78 Å². The fraction of sp³-hybridized carbons (Fsp3) is 0.714. The fourth-order valence-corrected chi connectivity index (χ4v) is 0.702. The molecule has 0 aliphatic heterocycles. The summed E-state index contributed by atoms with van der Waals surface area (Å²) in [5, 5.41) is 0. The average Bonchev–Trinajstić information content (AvgIpc) is 1.62. The predicted octanol–water partition coefficient (Wildman–Crippen LogP) is 3.62. The number of alkyl halides is 3. The first-order valence-corrected chi connectivity index (χ1v) is 4.00. The zero-order chi connectivity index (χ0) is 8.58. The Balaban J connectivity index is 4.57. The highest BCUT2D eigenvalue weighted by molar-refractivity contribution is 14.1. The van der Waals surface area contributed by atoms with Crippen LogP contribution in [0.4, 0.5) is 8.78 Å². The molecule has 0 amide bonds. The molecule has 10 heavy (non-hydrogen) atoms. The maximum atomic E-state index is 12.7. The SMILES string of the molecule is C=C(C)C(C)(C)C(F)(F)I. The van der Waals surface area contributed by atoms with Crippen LogP contribution in [-0.2, 0) is 0 Å². The third-order valence-corrected chi connectivity index (χ3v) is 3.12. The molecular weight excluding hydrogens is 249 g/mol. The van der Waals surface area contributed by atoms with Gasteiger partial charge < -0.3 is 0 Å². The van der Waals surface area contributed by atoms with Gasteiger partial charge in [0.2, 0.25) is 0 Å². The number of hydrogen-bond acceptors (Lipinski definition) is 0. The largest absolute Gasteiger partial charge is 0.305 e. The molecule has 0 bridgehead atoms. The van der Waals surface area contributed by atoms with E-state index in [1.807, 2.05) is 0 Å². The quantitative estimate of drug-likeness (QED) is 0.404. The molecule has 0 nitrogen and oxygen atoms in total. The molecule has 3 heteroatoms. The molecule has 0 fully saturated rings. The zero-order valence-corrected chi connectivity index (χ0v) is 8.50. The fourth-order valence-electron chi connectivity index (χ4n) is 0.242. The first-order valence-electron chi connectivity index (χ1n) is 2.92. The molecule has 60 valence electrons. The average molecular weight is 260 g/mol. The third-order valence-electron chi connectivity index (χ3n) is 1.78. The van der Waals surface area contributed by atoms with Crippen LogP contribution in [0.3, 0.4) is 0 Å². The van der Waals surface area contributed by atoms with Crippen molar-refractivity contribution >= 4 is 22.6 Å². The smallest absolute Gasteiger partial charge is 0.194 e. The summed E-state index contributed by atoms with van der Waals surface area (Å²) in [6.07, 6.45) is 0. The van der Waals surface area contributed by atoms with E-state index >= 15 is 0 Å². The standard InChI is InChI=1S/C7H11F2I/c1-5(2)6(3,4)7(8,9)10/h1H2,2-4H3. The first kappa shape index (κ1) is 10.3. The van der Waals surface area contributed by atoms with Crippen LogP contribution in [0.5, 0.6) is 0 Å². The van der Waals surface area contributed by atoms with Crippen LogP contribution < -0.4 is 0 Å². The van der Waals surface area contributed by atoms with E-state index in [9.17, 15) is 8.78 Å². The molecule has 0 saturated carbocycles. The number of halogens is 3. The summed E-state index contributed by atoms with van der Waals surface area (Å²) < 4.78 is 22.6. The Bertz CT molecular complexity index is 144. The predicted molar refractivity (Wildman–Crippen MR) is 47.6 cm³/mol. The number of hydrogen-bond donors (Lipinski definition) is 0. The Morgan fingerprint density at radius 1 is 1.40 bits per heavy atom. The van der Waals surface area contributed by atoms with Crippen LogP contribution in [0.1, 0.15) is 20.8 Å². The van der Waals surface area contributed by atoms with Crippen LogP contribution in [0.2, 0.25) is 0 Å². The van der Waals surface area contributed by atoms with Gasteiger partial charge in [0.15, 0.2) is 0 Å². The second-order valence-corrected chi connectivity index (χ2v) is 4.26. The van der Waals surface area contributed by atoms with E-state index in [2.05, 4.69) is 6.58 Å². The van der Waals surface area contributed by atoms with E-state index in [0.717, 1.165) is 22.6 Å². The van der Waals surface area contributed by atoms with E-state index in [4.69, 9.17) is 0 Å². The summed E-state index contributed by atoms with van der Waals surface area (Å²) in [6, 6.07) is 0. The molecule has 0 heterocycles. The van der Waals surface area contributed by atoms with Crippen molar-refractivity contribution in [2.45, 2.75) is 24.7 Å². The summed E-state index contributed by atoms with van der Waals surface area (Å²) in [7, 11) is 0. The van der Waals surface area contributed by atoms with Gasteiger partial charge in [-0.1, -0.05) is 12.2 Å². The molecule has 0 aromatic rings. The van der Waals surface area contributed by atoms with E-state index in [1.54, 1.807) is 6.92 Å². The topological polar surface area (TPSA) is 0 Å². The molecule has 0 aromatic carbocycles. The highest BCUT2D eigenvalue weighted by atomic mass is 127. The van der Waals surface area contributed by atoms with Crippen molar-refractivity contribution in [2.24, 2.45) is 5.41 Å². The molecule has 0 radical (unpaired) electrons. The lowest BCUT2D eigenvalue weighted by Gasteiger charge is -2.30. The summed E-state index contributed by atoms with van der Waals surface area (Å²) in [5.74, 6) is 0. The van der Waals surface area contributed by atoms with Crippen LogP contribution in [-0.4, -0.2) is 3.93 Å². The minimum atomic E-state index is -2.71. The lowest BCUT2D eigenvalue weighted by atomic mass is 9.87. The summed E-state index contributed by atoms with van der Waals surface area (Å²) in [5.41, 5.74) is -0.597. The molecular formula is C7H11F2I. The van der Waals surface area contributed by atoms with Crippen molar-refractivity contribution in [1.29, 1.82) is 0 Å². The van der Waals surface area contributed by atoms with Gasteiger partial charge in [-0.15, -0.1) is 0 Å². The Morgan fingerprint density at radius 2 is 1.70 bits per heavy atom. The first-order chi connectivity index (χ1) is 4.19. The maximum absolute atomic E-state index is 12.7. The van der Waals surface area contributed by atoms with Crippen molar-refractivity contribution in [2.75, 3.05) is 0 Å². The maximum Gasteiger partial charge on any atom is 0.305 e. The Hall–Kier alpha value is 0.330. The van der Waals surface area contributed by atoms with Gasteiger partial charge in [0.25, 0.3) is 0 Å². The van der Waals surface area contributed by atoms with E-state index < -0.39 is 9.34 Å². The molecule has 0 spiro atoms. The van der Waals surface area contributed by atoms with E-state index in [1.165, 1.54) is 13.8 Å². The molecule has 0 saturated heterocycles. The summed E-state index contributed by atoms with van der Waals surface area (Å²) >= 11 is 1.14. The highest BCUT2D eigenvalue weighted by Crippen LogP contribution is 2.45. The molecule has 0 aliphatic carbocycles. The lowest BCUT2D eigenvalue weighted by molar-refractivity contribution is 0.0247.